The molecular weight excluding hydrogens is 258 g/mol. The van der Waals surface area contributed by atoms with Gasteiger partial charge in [0, 0.05) is 17.7 Å². The zero-order chi connectivity index (χ0) is 14.5. The van der Waals surface area contributed by atoms with Gasteiger partial charge in [-0.1, -0.05) is 0 Å². The standard InChI is InChI=1S/C14H23N3O3/c1-10(19)5-6-14(20)16-12-3-2-4-13-11(12)9-15-17(13)7-8-18/h9-10,12,18-19H,2-8H2,1H3,(H,16,20). The Bertz CT molecular complexity index is 457. The number of aromatic nitrogens is 2. The maximum Gasteiger partial charge on any atom is 0.220 e. The molecule has 0 aliphatic heterocycles. The van der Waals surface area contributed by atoms with Crippen LogP contribution in [-0.4, -0.2) is 38.6 Å². The minimum atomic E-state index is -0.449. The summed E-state index contributed by atoms with van der Waals surface area (Å²) in [5.41, 5.74) is 2.18. The molecule has 0 fully saturated rings. The van der Waals surface area contributed by atoms with Crippen LogP contribution in [0.25, 0.3) is 0 Å². The number of fused-ring (bicyclic) bond motifs is 1. The molecule has 1 aromatic rings. The Morgan fingerprint density at radius 2 is 2.45 bits per heavy atom. The normalized spacial score (nSPS) is 19.4. The van der Waals surface area contributed by atoms with E-state index in [9.17, 15) is 9.90 Å². The van der Waals surface area contributed by atoms with Crippen molar-refractivity contribution >= 4 is 5.91 Å². The second-order valence-corrected chi connectivity index (χ2v) is 5.39. The maximum atomic E-state index is 11.9. The molecule has 1 aliphatic rings. The third kappa shape index (κ3) is 3.58. The number of aliphatic hydroxyl groups excluding tert-OH is 2. The highest BCUT2D eigenvalue weighted by Crippen LogP contribution is 2.29. The maximum absolute atomic E-state index is 11.9. The van der Waals surface area contributed by atoms with Crippen molar-refractivity contribution in [2.75, 3.05) is 6.61 Å². The van der Waals surface area contributed by atoms with Crippen LogP contribution >= 0.6 is 0 Å². The van der Waals surface area contributed by atoms with Crippen molar-refractivity contribution in [2.45, 2.75) is 57.7 Å². The predicted molar refractivity (Wildman–Crippen MR) is 74.0 cm³/mol. The van der Waals surface area contributed by atoms with Crippen molar-refractivity contribution in [1.29, 1.82) is 0 Å². The summed E-state index contributed by atoms with van der Waals surface area (Å²) >= 11 is 0. The fourth-order valence-electron chi connectivity index (χ4n) is 2.66. The lowest BCUT2D eigenvalue weighted by molar-refractivity contribution is -0.122. The van der Waals surface area contributed by atoms with Crippen LogP contribution in [0.2, 0.25) is 0 Å². The topological polar surface area (TPSA) is 87.4 Å². The van der Waals surface area contributed by atoms with Gasteiger partial charge in [0.25, 0.3) is 0 Å². The molecule has 0 bridgehead atoms. The minimum Gasteiger partial charge on any atom is -0.394 e. The molecule has 2 unspecified atom stereocenters. The summed E-state index contributed by atoms with van der Waals surface area (Å²) in [4.78, 5) is 11.9. The zero-order valence-electron chi connectivity index (χ0n) is 11.9. The average molecular weight is 281 g/mol. The number of nitrogens with one attached hydrogen (secondary N) is 1. The Labute approximate surface area is 118 Å². The molecule has 6 heteroatoms. The van der Waals surface area contributed by atoms with Gasteiger partial charge >= 0.3 is 0 Å². The summed E-state index contributed by atoms with van der Waals surface area (Å²) < 4.78 is 1.82. The molecule has 3 N–H and O–H groups in total. The van der Waals surface area contributed by atoms with Crippen molar-refractivity contribution in [2.24, 2.45) is 0 Å². The quantitative estimate of drug-likeness (QED) is 0.710. The largest absolute Gasteiger partial charge is 0.394 e. The molecule has 1 amide bonds. The Balaban J connectivity index is 2.00. The van der Waals surface area contributed by atoms with E-state index in [2.05, 4.69) is 10.4 Å². The fraction of sp³-hybridized carbons (Fsp3) is 0.714. The highest BCUT2D eigenvalue weighted by Gasteiger charge is 2.25. The molecule has 6 nitrogen and oxygen atoms in total. The SMILES string of the molecule is CC(O)CCC(=O)NC1CCCc2c1cnn2CCO. The van der Waals surface area contributed by atoms with Gasteiger partial charge in [-0.05, 0) is 32.6 Å². The first-order valence-electron chi connectivity index (χ1n) is 7.24. The van der Waals surface area contributed by atoms with Crippen LogP contribution < -0.4 is 5.32 Å². The summed E-state index contributed by atoms with van der Waals surface area (Å²) in [7, 11) is 0. The number of nitrogens with zero attached hydrogens (tertiary/aromatic N) is 2. The molecule has 0 aromatic carbocycles. The molecule has 20 heavy (non-hydrogen) atoms. The van der Waals surface area contributed by atoms with E-state index in [1.54, 1.807) is 13.1 Å². The second kappa shape index (κ2) is 6.85. The van der Waals surface area contributed by atoms with Gasteiger partial charge in [0.05, 0.1) is 31.5 Å². The Hall–Kier alpha value is -1.40. The van der Waals surface area contributed by atoms with Crippen molar-refractivity contribution in [3.05, 3.63) is 17.5 Å². The first-order chi connectivity index (χ1) is 9.61. The van der Waals surface area contributed by atoms with Crippen molar-refractivity contribution in [1.82, 2.24) is 15.1 Å². The van der Waals surface area contributed by atoms with Gasteiger partial charge in [-0.15, -0.1) is 0 Å². The van der Waals surface area contributed by atoms with Crippen molar-refractivity contribution in [3.8, 4) is 0 Å². The molecule has 0 spiro atoms. The van der Waals surface area contributed by atoms with E-state index >= 15 is 0 Å². The van der Waals surface area contributed by atoms with Crippen LogP contribution in [0.3, 0.4) is 0 Å². The van der Waals surface area contributed by atoms with E-state index < -0.39 is 6.10 Å². The van der Waals surface area contributed by atoms with E-state index in [-0.39, 0.29) is 18.6 Å². The molecule has 1 aliphatic carbocycles. The Morgan fingerprint density at radius 1 is 1.65 bits per heavy atom. The van der Waals surface area contributed by atoms with Gasteiger partial charge in [0.2, 0.25) is 5.91 Å². The fourth-order valence-corrected chi connectivity index (χ4v) is 2.66. The number of rotatable bonds is 6. The summed E-state index contributed by atoms with van der Waals surface area (Å²) in [6, 6.07) is 0.00712. The second-order valence-electron chi connectivity index (χ2n) is 5.39. The van der Waals surface area contributed by atoms with E-state index in [1.807, 2.05) is 4.68 Å². The molecule has 2 rings (SSSR count). The van der Waals surface area contributed by atoms with Gasteiger partial charge in [-0.25, -0.2) is 0 Å². The molecule has 0 saturated carbocycles. The molecule has 1 aromatic heterocycles. The summed E-state index contributed by atoms with van der Waals surface area (Å²) in [6.45, 7) is 2.25. The van der Waals surface area contributed by atoms with Crippen LogP contribution in [0, 0.1) is 0 Å². The van der Waals surface area contributed by atoms with Crippen molar-refractivity contribution in [3.63, 3.8) is 0 Å². The first-order valence-corrected chi connectivity index (χ1v) is 7.24. The summed E-state index contributed by atoms with van der Waals surface area (Å²) in [5, 5.41) is 25.5. The van der Waals surface area contributed by atoms with Gasteiger partial charge in [0.15, 0.2) is 0 Å². The highest BCUT2D eigenvalue weighted by molar-refractivity contribution is 5.76. The van der Waals surface area contributed by atoms with Crippen LogP contribution in [0.1, 0.15) is 49.9 Å². The van der Waals surface area contributed by atoms with E-state index in [1.165, 1.54) is 0 Å². The number of carbonyl (C=O) groups is 1. The number of carbonyl (C=O) groups excluding carboxylic acids is 1. The van der Waals surface area contributed by atoms with Gasteiger partial charge in [-0.2, -0.15) is 5.10 Å². The number of aliphatic hydroxyl groups is 2. The van der Waals surface area contributed by atoms with Crippen LogP contribution in [-0.2, 0) is 17.8 Å². The predicted octanol–water partition coefficient (Wildman–Crippen LogP) is 0.530. The first kappa shape index (κ1) is 15.0. The highest BCUT2D eigenvalue weighted by atomic mass is 16.3. The zero-order valence-corrected chi connectivity index (χ0v) is 11.9. The van der Waals surface area contributed by atoms with Crippen LogP contribution in [0.15, 0.2) is 6.20 Å². The smallest absolute Gasteiger partial charge is 0.220 e. The minimum absolute atomic E-state index is 0.00712. The monoisotopic (exact) mass is 281 g/mol. The average Bonchev–Trinajstić information content (AvgIpc) is 2.82. The van der Waals surface area contributed by atoms with Crippen LogP contribution in [0.4, 0.5) is 0 Å². The van der Waals surface area contributed by atoms with Gasteiger partial charge < -0.3 is 15.5 Å². The molecule has 1 heterocycles. The number of amides is 1. The molecular formula is C14H23N3O3. The lowest BCUT2D eigenvalue weighted by Gasteiger charge is -2.24. The molecule has 0 radical (unpaired) electrons. The molecule has 0 saturated heterocycles. The van der Waals surface area contributed by atoms with E-state index in [0.717, 1.165) is 30.5 Å². The lowest BCUT2D eigenvalue weighted by Crippen LogP contribution is -2.31. The van der Waals surface area contributed by atoms with Gasteiger partial charge in [-0.3, -0.25) is 9.48 Å². The van der Waals surface area contributed by atoms with Crippen molar-refractivity contribution < 1.29 is 15.0 Å². The third-order valence-electron chi connectivity index (χ3n) is 3.70. The van der Waals surface area contributed by atoms with Gasteiger partial charge in [0.1, 0.15) is 0 Å². The number of hydrogen-bond acceptors (Lipinski definition) is 4. The van der Waals surface area contributed by atoms with Crippen LogP contribution in [0.5, 0.6) is 0 Å². The van der Waals surface area contributed by atoms with E-state index in [4.69, 9.17) is 5.11 Å². The summed E-state index contributed by atoms with van der Waals surface area (Å²) in [5.74, 6) is -0.0290. The van der Waals surface area contributed by atoms with E-state index in [0.29, 0.717) is 19.4 Å². The summed E-state index contributed by atoms with van der Waals surface area (Å²) in [6.07, 6.45) is 5.03. The molecule has 112 valence electrons. The number of hydrogen-bond donors (Lipinski definition) is 3. The lowest BCUT2D eigenvalue weighted by atomic mass is 9.92. The Morgan fingerprint density at radius 3 is 3.15 bits per heavy atom. The Kier molecular flexibility index (Phi) is 5.14. The third-order valence-corrected chi connectivity index (χ3v) is 3.70. The molecule has 2 atom stereocenters.